The zero-order valence-corrected chi connectivity index (χ0v) is 15.2. The first-order valence-corrected chi connectivity index (χ1v) is 8.55. The molecule has 8 heteroatoms. The number of carbonyl (C=O) groups excluding carboxylic acids is 2. The number of anilines is 2. The molecule has 0 radical (unpaired) electrons. The highest BCUT2D eigenvalue weighted by molar-refractivity contribution is 6.08. The van der Waals surface area contributed by atoms with E-state index in [2.05, 4.69) is 15.6 Å². The Kier molecular flexibility index (Phi) is 5.63. The maximum absolute atomic E-state index is 13.1. The number of halogens is 3. The average Bonchev–Trinajstić information content (AvgIpc) is 2.69. The Morgan fingerprint density at radius 1 is 0.862 bits per heavy atom. The fourth-order valence-corrected chi connectivity index (χ4v) is 2.71. The second-order valence-electron chi connectivity index (χ2n) is 6.22. The second-order valence-corrected chi connectivity index (χ2v) is 6.22. The van der Waals surface area contributed by atoms with Crippen LogP contribution in [-0.2, 0) is 6.18 Å². The second kappa shape index (κ2) is 8.14. The van der Waals surface area contributed by atoms with E-state index < -0.39 is 29.1 Å². The lowest BCUT2D eigenvalue weighted by atomic mass is 10.0. The number of rotatable bonds is 4. The van der Waals surface area contributed by atoms with Crippen LogP contribution in [0.3, 0.4) is 0 Å². The SMILES string of the molecule is Cc1ccc(NC(=O)c2ccccc2C(F)(F)F)cc1C(=O)Nc1cccnc1. The molecule has 3 aromatic rings. The van der Waals surface area contributed by atoms with E-state index in [1.807, 2.05) is 0 Å². The summed E-state index contributed by atoms with van der Waals surface area (Å²) in [6.07, 6.45) is -1.61. The highest BCUT2D eigenvalue weighted by Gasteiger charge is 2.34. The number of aromatic nitrogens is 1. The molecule has 0 saturated carbocycles. The molecule has 0 fully saturated rings. The Morgan fingerprint density at radius 3 is 2.24 bits per heavy atom. The van der Waals surface area contributed by atoms with Crippen LogP contribution in [0.4, 0.5) is 24.5 Å². The van der Waals surface area contributed by atoms with Gasteiger partial charge >= 0.3 is 6.18 Å². The third kappa shape index (κ3) is 4.78. The largest absolute Gasteiger partial charge is 0.417 e. The van der Waals surface area contributed by atoms with Gasteiger partial charge in [0.15, 0.2) is 0 Å². The molecule has 0 unspecified atom stereocenters. The lowest BCUT2D eigenvalue weighted by molar-refractivity contribution is -0.137. The lowest BCUT2D eigenvalue weighted by Gasteiger charge is -2.14. The zero-order chi connectivity index (χ0) is 21.0. The van der Waals surface area contributed by atoms with E-state index in [9.17, 15) is 22.8 Å². The molecule has 0 atom stereocenters. The first-order chi connectivity index (χ1) is 13.8. The van der Waals surface area contributed by atoms with E-state index >= 15 is 0 Å². The van der Waals surface area contributed by atoms with Crippen LogP contribution in [-0.4, -0.2) is 16.8 Å². The highest BCUT2D eigenvalue weighted by Crippen LogP contribution is 2.32. The van der Waals surface area contributed by atoms with Crippen LogP contribution in [0.5, 0.6) is 0 Å². The minimum Gasteiger partial charge on any atom is -0.322 e. The Hall–Kier alpha value is -3.68. The summed E-state index contributed by atoms with van der Waals surface area (Å²) in [7, 11) is 0. The summed E-state index contributed by atoms with van der Waals surface area (Å²) in [5, 5.41) is 5.10. The number of nitrogens with one attached hydrogen (secondary N) is 2. The van der Waals surface area contributed by atoms with Crippen molar-refractivity contribution in [3.63, 3.8) is 0 Å². The molecule has 1 aromatic heterocycles. The van der Waals surface area contributed by atoms with Gasteiger partial charge in [0.25, 0.3) is 11.8 Å². The van der Waals surface area contributed by atoms with E-state index in [1.165, 1.54) is 30.5 Å². The van der Waals surface area contributed by atoms with Gasteiger partial charge < -0.3 is 10.6 Å². The molecule has 0 saturated heterocycles. The molecule has 29 heavy (non-hydrogen) atoms. The fourth-order valence-electron chi connectivity index (χ4n) is 2.71. The van der Waals surface area contributed by atoms with E-state index in [0.717, 1.165) is 12.1 Å². The van der Waals surface area contributed by atoms with Crippen molar-refractivity contribution in [3.8, 4) is 0 Å². The molecule has 2 amide bonds. The van der Waals surface area contributed by atoms with Crippen molar-refractivity contribution in [1.82, 2.24) is 4.98 Å². The zero-order valence-electron chi connectivity index (χ0n) is 15.2. The predicted octanol–water partition coefficient (Wildman–Crippen LogP) is 4.91. The van der Waals surface area contributed by atoms with Gasteiger partial charge in [-0.25, -0.2) is 0 Å². The minimum absolute atomic E-state index is 0.203. The molecule has 2 aromatic carbocycles. The molecule has 0 aliphatic rings. The summed E-state index contributed by atoms with van der Waals surface area (Å²) in [6, 6.07) is 12.4. The van der Waals surface area contributed by atoms with Gasteiger partial charge in [-0.2, -0.15) is 13.2 Å². The third-order valence-electron chi connectivity index (χ3n) is 4.14. The Bertz CT molecular complexity index is 1050. The molecular formula is C21H16F3N3O2. The van der Waals surface area contributed by atoms with Crippen molar-refractivity contribution >= 4 is 23.2 Å². The molecule has 1 heterocycles. The van der Waals surface area contributed by atoms with Gasteiger partial charge in [-0.3, -0.25) is 14.6 Å². The van der Waals surface area contributed by atoms with Gasteiger partial charge in [-0.1, -0.05) is 18.2 Å². The van der Waals surface area contributed by atoms with E-state index in [4.69, 9.17) is 0 Å². The molecule has 0 aliphatic heterocycles. The van der Waals surface area contributed by atoms with E-state index in [-0.39, 0.29) is 11.3 Å². The van der Waals surface area contributed by atoms with Crippen molar-refractivity contribution < 1.29 is 22.8 Å². The quantitative estimate of drug-likeness (QED) is 0.655. The smallest absolute Gasteiger partial charge is 0.322 e. The molecule has 0 spiro atoms. The molecule has 148 valence electrons. The standard InChI is InChI=1S/C21H16F3N3O2/c1-13-8-9-14(11-17(13)20(29)27-15-5-4-10-25-12-15)26-19(28)16-6-2-3-7-18(16)21(22,23)24/h2-12H,1H3,(H,26,28)(H,27,29). The number of amides is 2. The van der Waals surface area contributed by atoms with Crippen molar-refractivity contribution in [1.29, 1.82) is 0 Å². The van der Waals surface area contributed by atoms with Gasteiger partial charge in [0, 0.05) is 17.4 Å². The summed E-state index contributed by atoms with van der Waals surface area (Å²) in [6.45, 7) is 1.71. The number of carbonyl (C=O) groups is 2. The normalized spacial score (nSPS) is 11.0. The molecule has 0 aliphatic carbocycles. The first-order valence-electron chi connectivity index (χ1n) is 8.55. The van der Waals surface area contributed by atoms with Crippen LogP contribution in [0.1, 0.15) is 31.8 Å². The summed E-state index contributed by atoms with van der Waals surface area (Å²) in [5.74, 6) is -1.34. The number of hydrogen-bond donors (Lipinski definition) is 2. The minimum atomic E-state index is -4.66. The van der Waals surface area contributed by atoms with Crippen LogP contribution in [0, 0.1) is 6.92 Å². The van der Waals surface area contributed by atoms with Crippen LogP contribution >= 0.6 is 0 Å². The summed E-state index contributed by atoms with van der Waals surface area (Å²) >= 11 is 0. The third-order valence-corrected chi connectivity index (χ3v) is 4.14. The van der Waals surface area contributed by atoms with Gasteiger partial charge in [0.05, 0.1) is 23.0 Å². The van der Waals surface area contributed by atoms with Crippen LogP contribution in [0.15, 0.2) is 67.0 Å². The maximum atomic E-state index is 13.1. The average molecular weight is 399 g/mol. The summed E-state index contributed by atoms with van der Waals surface area (Å²) in [4.78, 5) is 28.9. The fraction of sp³-hybridized carbons (Fsp3) is 0.0952. The van der Waals surface area contributed by atoms with Gasteiger partial charge in [-0.15, -0.1) is 0 Å². The Morgan fingerprint density at radius 2 is 1.55 bits per heavy atom. The number of hydrogen-bond acceptors (Lipinski definition) is 3. The van der Waals surface area contributed by atoms with E-state index in [1.54, 1.807) is 31.3 Å². The van der Waals surface area contributed by atoms with Crippen LogP contribution < -0.4 is 10.6 Å². The molecular weight excluding hydrogens is 383 g/mol. The number of aryl methyl sites for hydroxylation is 1. The molecule has 2 N–H and O–H groups in total. The molecule has 3 rings (SSSR count). The van der Waals surface area contributed by atoms with Crippen molar-refractivity contribution in [2.24, 2.45) is 0 Å². The van der Waals surface area contributed by atoms with Crippen molar-refractivity contribution in [2.75, 3.05) is 10.6 Å². The molecule has 5 nitrogen and oxygen atoms in total. The van der Waals surface area contributed by atoms with Crippen LogP contribution in [0.25, 0.3) is 0 Å². The predicted molar refractivity (Wildman–Crippen MR) is 103 cm³/mol. The first kappa shape index (κ1) is 20.1. The lowest BCUT2D eigenvalue weighted by Crippen LogP contribution is -2.19. The Labute approximate surface area is 164 Å². The number of pyridine rings is 1. The topological polar surface area (TPSA) is 71.1 Å². The van der Waals surface area contributed by atoms with E-state index in [0.29, 0.717) is 11.3 Å². The number of benzene rings is 2. The van der Waals surface area contributed by atoms with Crippen LogP contribution in [0.2, 0.25) is 0 Å². The maximum Gasteiger partial charge on any atom is 0.417 e. The molecule has 0 bridgehead atoms. The number of nitrogens with zero attached hydrogens (tertiary/aromatic N) is 1. The van der Waals surface area contributed by atoms with Gasteiger partial charge in [0.1, 0.15) is 0 Å². The summed E-state index contributed by atoms with van der Waals surface area (Å²) < 4.78 is 39.4. The van der Waals surface area contributed by atoms with Gasteiger partial charge in [-0.05, 0) is 48.9 Å². The Balaban J connectivity index is 1.84. The van der Waals surface area contributed by atoms with Crippen molar-refractivity contribution in [2.45, 2.75) is 13.1 Å². The highest BCUT2D eigenvalue weighted by atomic mass is 19.4. The summed E-state index contributed by atoms with van der Waals surface area (Å²) in [5.41, 5.74) is 0.0799. The van der Waals surface area contributed by atoms with Gasteiger partial charge in [0.2, 0.25) is 0 Å². The van der Waals surface area contributed by atoms with Crippen molar-refractivity contribution in [3.05, 3.63) is 89.2 Å². The monoisotopic (exact) mass is 399 g/mol. The number of alkyl halides is 3.